The second kappa shape index (κ2) is 7.59. The number of aromatic nitrogens is 1. The predicted octanol–water partition coefficient (Wildman–Crippen LogP) is 4.02. The van der Waals surface area contributed by atoms with E-state index < -0.39 is 6.10 Å². The summed E-state index contributed by atoms with van der Waals surface area (Å²) in [5.74, 6) is 6.37. The van der Waals surface area contributed by atoms with Crippen molar-refractivity contribution in [1.29, 1.82) is 0 Å². The number of para-hydroxylation sites is 1. The minimum absolute atomic E-state index is 0.0356. The summed E-state index contributed by atoms with van der Waals surface area (Å²) < 4.78 is 1.97. The van der Waals surface area contributed by atoms with Gasteiger partial charge in [-0.15, -0.1) is 0 Å². The molecule has 0 aliphatic rings. The highest BCUT2D eigenvalue weighted by atomic mass is 16.3. The molecule has 1 atom stereocenters. The molecule has 2 aromatic carbocycles. The normalized spacial score (nSPS) is 11.4. The van der Waals surface area contributed by atoms with Crippen molar-refractivity contribution >= 4 is 10.9 Å². The molecule has 3 aromatic rings. The van der Waals surface area contributed by atoms with E-state index in [2.05, 4.69) is 21.9 Å². The van der Waals surface area contributed by atoms with Crippen LogP contribution in [-0.4, -0.2) is 22.3 Å². The Balaban J connectivity index is 1.98. The molecule has 124 valence electrons. The van der Waals surface area contributed by atoms with E-state index >= 15 is 0 Å². The van der Waals surface area contributed by atoms with Crippen LogP contribution >= 0.6 is 0 Å². The summed E-state index contributed by atoms with van der Waals surface area (Å²) >= 11 is 0. The highest BCUT2D eigenvalue weighted by Crippen LogP contribution is 2.20. The Labute approximate surface area is 146 Å². The fourth-order valence-corrected chi connectivity index (χ4v) is 2.68. The lowest BCUT2D eigenvalue weighted by Gasteiger charge is -2.11. The zero-order valence-electron chi connectivity index (χ0n) is 13.9. The van der Waals surface area contributed by atoms with Gasteiger partial charge in [0.15, 0.2) is 0 Å². The maximum Gasteiger partial charge on any atom is 0.0935 e. The van der Waals surface area contributed by atoms with Crippen LogP contribution in [0.4, 0.5) is 0 Å². The van der Waals surface area contributed by atoms with Crippen LogP contribution < -0.4 is 0 Å². The van der Waals surface area contributed by atoms with E-state index in [9.17, 15) is 5.11 Å². The number of benzene rings is 2. The van der Waals surface area contributed by atoms with Crippen LogP contribution in [0.25, 0.3) is 21.3 Å². The first kappa shape index (κ1) is 16.7. The van der Waals surface area contributed by atoms with Crippen molar-refractivity contribution in [1.82, 2.24) is 4.57 Å². The minimum atomic E-state index is -0.758. The van der Waals surface area contributed by atoms with Crippen molar-refractivity contribution in [3.05, 3.63) is 81.9 Å². The first-order valence-corrected chi connectivity index (χ1v) is 8.03. The van der Waals surface area contributed by atoms with Gasteiger partial charge in [0.25, 0.3) is 0 Å². The molecule has 3 rings (SSSR count). The van der Waals surface area contributed by atoms with Gasteiger partial charge in [-0.1, -0.05) is 46.9 Å². The number of nitrogens with zero attached hydrogens (tertiary/aromatic N) is 4. The first-order chi connectivity index (χ1) is 12.2. The number of hydrogen-bond acceptors (Lipinski definition) is 2. The van der Waals surface area contributed by atoms with Gasteiger partial charge in [0.05, 0.1) is 18.3 Å². The Kier molecular flexibility index (Phi) is 5.06. The Morgan fingerprint density at radius 2 is 1.92 bits per heavy atom. The maximum atomic E-state index is 10.1. The van der Waals surface area contributed by atoms with Gasteiger partial charge in [0.1, 0.15) is 0 Å². The van der Waals surface area contributed by atoms with Crippen molar-refractivity contribution in [2.75, 3.05) is 6.54 Å². The Morgan fingerprint density at radius 1 is 1.16 bits per heavy atom. The summed E-state index contributed by atoms with van der Waals surface area (Å²) in [5.41, 5.74) is 12.4. The number of aryl methyl sites for hydroxylation is 1. The zero-order chi connectivity index (χ0) is 17.6. The molecule has 0 bridgehead atoms. The number of azide groups is 1. The second-order valence-corrected chi connectivity index (χ2v) is 5.88. The summed E-state index contributed by atoms with van der Waals surface area (Å²) in [7, 11) is 0. The minimum Gasteiger partial charge on any atom is -0.391 e. The molecule has 0 aliphatic heterocycles. The summed E-state index contributed by atoms with van der Waals surface area (Å²) in [6.07, 6.45) is -0.758. The Hall–Kier alpha value is -3.19. The molecular weight excluding hydrogens is 312 g/mol. The van der Waals surface area contributed by atoms with Gasteiger partial charge >= 0.3 is 0 Å². The molecule has 0 amide bonds. The van der Waals surface area contributed by atoms with E-state index in [-0.39, 0.29) is 6.54 Å². The van der Waals surface area contributed by atoms with Crippen LogP contribution in [0.3, 0.4) is 0 Å². The first-order valence-electron chi connectivity index (χ1n) is 8.03. The molecule has 1 N–H and O–H groups in total. The van der Waals surface area contributed by atoms with Crippen molar-refractivity contribution in [2.24, 2.45) is 5.11 Å². The number of rotatable bonds is 4. The smallest absolute Gasteiger partial charge is 0.0935 e. The van der Waals surface area contributed by atoms with E-state index in [4.69, 9.17) is 5.53 Å². The lowest BCUT2D eigenvalue weighted by atomic mass is 10.1. The van der Waals surface area contributed by atoms with Crippen LogP contribution in [0, 0.1) is 18.8 Å². The highest BCUT2D eigenvalue weighted by molar-refractivity contribution is 5.82. The third-order valence-corrected chi connectivity index (χ3v) is 3.95. The van der Waals surface area contributed by atoms with E-state index in [1.165, 1.54) is 5.56 Å². The van der Waals surface area contributed by atoms with Gasteiger partial charge < -0.3 is 9.67 Å². The molecule has 1 aromatic heterocycles. The molecule has 0 saturated carbocycles. The molecule has 0 fully saturated rings. The van der Waals surface area contributed by atoms with Gasteiger partial charge in [-0.2, -0.15) is 0 Å². The van der Waals surface area contributed by atoms with Gasteiger partial charge in [0.2, 0.25) is 0 Å². The maximum absolute atomic E-state index is 10.1. The Bertz CT molecular complexity index is 986. The van der Waals surface area contributed by atoms with Crippen LogP contribution in [0.1, 0.15) is 16.8 Å². The van der Waals surface area contributed by atoms with Gasteiger partial charge in [0, 0.05) is 27.9 Å². The molecule has 1 unspecified atom stereocenters. The topological polar surface area (TPSA) is 73.9 Å². The average molecular weight is 330 g/mol. The van der Waals surface area contributed by atoms with E-state index in [0.717, 1.165) is 22.2 Å². The third kappa shape index (κ3) is 4.02. The highest BCUT2D eigenvalue weighted by Gasteiger charge is 2.11. The number of aliphatic hydroxyl groups is 1. The molecule has 0 spiro atoms. The quantitative estimate of drug-likeness (QED) is 0.334. The molecule has 0 radical (unpaired) electrons. The van der Waals surface area contributed by atoms with E-state index in [1.807, 2.05) is 66.1 Å². The average Bonchev–Trinajstić information content (AvgIpc) is 2.97. The molecule has 5 nitrogen and oxygen atoms in total. The fraction of sp³-hybridized carbons (Fsp3) is 0.200. The molecular formula is C20H18N4O. The third-order valence-electron chi connectivity index (χ3n) is 3.95. The molecule has 5 heteroatoms. The van der Waals surface area contributed by atoms with Crippen LogP contribution in [0.2, 0.25) is 0 Å². The number of aliphatic hydroxyl groups excluding tert-OH is 1. The Morgan fingerprint density at radius 3 is 2.68 bits per heavy atom. The van der Waals surface area contributed by atoms with Gasteiger partial charge in [-0.05, 0) is 42.6 Å². The zero-order valence-corrected chi connectivity index (χ0v) is 13.9. The van der Waals surface area contributed by atoms with Crippen molar-refractivity contribution < 1.29 is 5.11 Å². The molecule has 1 heterocycles. The fourth-order valence-electron chi connectivity index (χ4n) is 2.68. The lowest BCUT2D eigenvalue weighted by Crippen LogP contribution is -2.19. The molecule has 0 aliphatic carbocycles. The van der Waals surface area contributed by atoms with Crippen molar-refractivity contribution in [3.63, 3.8) is 0 Å². The van der Waals surface area contributed by atoms with Crippen LogP contribution in [0.5, 0.6) is 0 Å². The largest absolute Gasteiger partial charge is 0.391 e. The summed E-state index contributed by atoms with van der Waals surface area (Å²) in [5, 5.41) is 14.6. The van der Waals surface area contributed by atoms with E-state index in [0.29, 0.717) is 6.54 Å². The van der Waals surface area contributed by atoms with Gasteiger partial charge in [-0.25, -0.2) is 0 Å². The molecule has 25 heavy (non-hydrogen) atoms. The number of fused-ring (bicyclic) bond motifs is 1. The summed E-state index contributed by atoms with van der Waals surface area (Å²) in [4.78, 5) is 2.70. The predicted molar refractivity (Wildman–Crippen MR) is 99.1 cm³/mol. The summed E-state index contributed by atoms with van der Waals surface area (Å²) in [6, 6.07) is 18.0. The number of hydrogen-bond donors (Lipinski definition) is 1. The molecule has 0 saturated heterocycles. The van der Waals surface area contributed by atoms with Gasteiger partial charge in [-0.3, -0.25) is 0 Å². The van der Waals surface area contributed by atoms with Crippen LogP contribution in [0.15, 0.2) is 59.7 Å². The second-order valence-electron chi connectivity index (χ2n) is 5.88. The van der Waals surface area contributed by atoms with Crippen molar-refractivity contribution in [2.45, 2.75) is 19.6 Å². The monoisotopic (exact) mass is 330 g/mol. The van der Waals surface area contributed by atoms with E-state index in [1.54, 1.807) is 0 Å². The van der Waals surface area contributed by atoms with Crippen LogP contribution in [-0.2, 0) is 6.54 Å². The SMILES string of the molecule is Cc1ccc(C#Cc2cc3ccccc3n2CC(O)CN=[N+]=[N-])cc1. The lowest BCUT2D eigenvalue weighted by molar-refractivity contribution is 0.163. The standard InChI is InChI=1S/C20H18N4O/c1-15-6-8-16(9-7-15)10-11-18-12-17-4-2-3-5-20(17)24(18)14-19(25)13-22-23-21/h2-9,12,19,25H,13-14H2,1H3. The summed E-state index contributed by atoms with van der Waals surface area (Å²) in [6.45, 7) is 2.40. The van der Waals surface area contributed by atoms with Crippen molar-refractivity contribution in [3.8, 4) is 11.8 Å².